The van der Waals surface area contributed by atoms with E-state index in [4.69, 9.17) is 10.4 Å². The first kappa shape index (κ1) is 12.0. The van der Waals surface area contributed by atoms with E-state index in [1.165, 1.54) is 6.08 Å². The Morgan fingerprint density at radius 3 is 2.60 bits per heavy atom. The Bertz CT molecular complexity index is 475. The summed E-state index contributed by atoms with van der Waals surface area (Å²) in [6, 6.07) is 5.31. The van der Waals surface area contributed by atoms with E-state index in [9.17, 15) is 4.79 Å². The second-order valence-electron chi connectivity index (χ2n) is 2.61. The van der Waals surface area contributed by atoms with Crippen LogP contribution in [0.3, 0.4) is 0 Å². The van der Waals surface area contributed by atoms with Gasteiger partial charge in [0.05, 0.1) is 10.0 Å². The lowest BCUT2D eigenvalue weighted by atomic mass is 10.1. The number of hydrogen-bond acceptors (Lipinski definition) is 2. The van der Waals surface area contributed by atoms with Crippen molar-refractivity contribution in [2.24, 2.45) is 0 Å². The van der Waals surface area contributed by atoms with Crippen molar-refractivity contribution < 1.29 is 9.90 Å². The number of carboxylic acid groups (broad SMARTS) is 1. The molecular weight excluding hydrogens is 326 g/mol. The highest BCUT2D eigenvalue weighted by molar-refractivity contribution is 9.13. The lowest BCUT2D eigenvalue weighted by Crippen LogP contribution is -1.87. The Labute approximate surface area is 103 Å². The molecule has 0 aromatic heterocycles. The summed E-state index contributed by atoms with van der Waals surface area (Å²) >= 11 is 6.53. The first-order chi connectivity index (χ1) is 7.06. The lowest BCUT2D eigenvalue weighted by Gasteiger charge is -2.02. The molecule has 0 radical (unpaired) electrons. The highest BCUT2D eigenvalue weighted by atomic mass is 79.9. The molecule has 1 aromatic carbocycles. The van der Waals surface area contributed by atoms with E-state index in [0.29, 0.717) is 20.1 Å². The molecule has 0 aliphatic rings. The standard InChI is InChI=1S/C10H5Br2NO2/c11-9-6(3-4-8(14)15)1-2-7(5-13)10(9)12/h1-4H,(H,14,15)/b4-3+. The highest BCUT2D eigenvalue weighted by Crippen LogP contribution is 2.30. The van der Waals surface area contributed by atoms with Crippen LogP contribution in [0.15, 0.2) is 27.2 Å². The van der Waals surface area contributed by atoms with Crippen LogP contribution < -0.4 is 0 Å². The third-order valence-electron chi connectivity index (χ3n) is 1.64. The molecule has 76 valence electrons. The number of nitriles is 1. The second-order valence-corrected chi connectivity index (χ2v) is 4.20. The summed E-state index contributed by atoms with van der Waals surface area (Å²) in [5.41, 5.74) is 1.19. The van der Waals surface area contributed by atoms with Crippen LogP contribution in [0.5, 0.6) is 0 Å². The minimum Gasteiger partial charge on any atom is -0.478 e. The molecule has 5 heteroatoms. The van der Waals surface area contributed by atoms with Gasteiger partial charge in [0.2, 0.25) is 0 Å². The number of carbonyl (C=O) groups is 1. The molecule has 15 heavy (non-hydrogen) atoms. The van der Waals surface area contributed by atoms with Crippen molar-refractivity contribution >= 4 is 43.9 Å². The third-order valence-corrected chi connectivity index (χ3v) is 3.85. The predicted octanol–water partition coefficient (Wildman–Crippen LogP) is 3.18. The molecule has 0 saturated heterocycles. The fraction of sp³-hybridized carbons (Fsp3) is 0. The summed E-state index contributed by atoms with van der Waals surface area (Å²) in [7, 11) is 0. The zero-order valence-electron chi connectivity index (χ0n) is 7.37. The van der Waals surface area contributed by atoms with Crippen molar-refractivity contribution in [3.05, 3.63) is 38.3 Å². The van der Waals surface area contributed by atoms with E-state index in [1.807, 2.05) is 6.07 Å². The van der Waals surface area contributed by atoms with Gasteiger partial charge in [0.25, 0.3) is 0 Å². The van der Waals surface area contributed by atoms with Crippen LogP contribution in [-0.4, -0.2) is 11.1 Å². The van der Waals surface area contributed by atoms with E-state index >= 15 is 0 Å². The van der Waals surface area contributed by atoms with E-state index in [0.717, 1.165) is 6.08 Å². The molecule has 0 spiro atoms. The average molecular weight is 331 g/mol. The van der Waals surface area contributed by atoms with Gasteiger partial charge in [-0.25, -0.2) is 4.79 Å². The first-order valence-corrected chi connectivity index (χ1v) is 5.44. The fourth-order valence-corrected chi connectivity index (χ4v) is 1.87. The van der Waals surface area contributed by atoms with Crippen LogP contribution in [0.25, 0.3) is 6.08 Å². The van der Waals surface area contributed by atoms with Crippen molar-refractivity contribution in [2.75, 3.05) is 0 Å². The summed E-state index contributed by atoms with van der Waals surface area (Å²) in [6.45, 7) is 0. The largest absolute Gasteiger partial charge is 0.478 e. The molecule has 0 unspecified atom stereocenters. The summed E-state index contributed by atoms with van der Waals surface area (Å²) in [6.07, 6.45) is 2.50. The van der Waals surface area contributed by atoms with Gasteiger partial charge in [-0.3, -0.25) is 0 Å². The molecule has 0 amide bonds. The average Bonchev–Trinajstić information content (AvgIpc) is 2.20. The van der Waals surface area contributed by atoms with Crippen molar-refractivity contribution in [2.45, 2.75) is 0 Å². The minimum absolute atomic E-state index is 0.495. The molecule has 0 heterocycles. The quantitative estimate of drug-likeness (QED) is 0.847. The molecule has 1 aromatic rings. The number of nitrogens with zero attached hydrogens (tertiary/aromatic N) is 1. The molecule has 1 rings (SSSR count). The summed E-state index contributed by atoms with van der Waals surface area (Å²) in [4.78, 5) is 10.3. The van der Waals surface area contributed by atoms with E-state index in [-0.39, 0.29) is 0 Å². The van der Waals surface area contributed by atoms with Gasteiger partial charge in [-0.1, -0.05) is 6.07 Å². The van der Waals surface area contributed by atoms with Gasteiger partial charge in [0.1, 0.15) is 6.07 Å². The van der Waals surface area contributed by atoms with E-state index in [2.05, 4.69) is 31.9 Å². The maximum Gasteiger partial charge on any atom is 0.328 e. The zero-order chi connectivity index (χ0) is 11.4. The van der Waals surface area contributed by atoms with Crippen molar-refractivity contribution in [3.8, 4) is 6.07 Å². The summed E-state index contributed by atoms with van der Waals surface area (Å²) in [5.74, 6) is -1.01. The molecule has 0 fully saturated rings. The summed E-state index contributed by atoms with van der Waals surface area (Å²) in [5, 5.41) is 17.2. The normalized spacial score (nSPS) is 10.2. The summed E-state index contributed by atoms with van der Waals surface area (Å²) < 4.78 is 1.29. The van der Waals surface area contributed by atoms with Gasteiger partial charge in [-0.2, -0.15) is 5.26 Å². The van der Waals surface area contributed by atoms with Gasteiger partial charge in [-0.05, 0) is 49.6 Å². The molecule has 3 nitrogen and oxygen atoms in total. The van der Waals surface area contributed by atoms with Crippen molar-refractivity contribution in [3.63, 3.8) is 0 Å². The molecule has 0 saturated carbocycles. The number of rotatable bonds is 2. The Morgan fingerprint density at radius 2 is 2.07 bits per heavy atom. The van der Waals surface area contributed by atoms with Gasteiger partial charge >= 0.3 is 5.97 Å². The maximum absolute atomic E-state index is 10.3. The van der Waals surface area contributed by atoms with Gasteiger partial charge < -0.3 is 5.11 Å². The predicted molar refractivity (Wildman–Crippen MR) is 63.2 cm³/mol. The van der Waals surface area contributed by atoms with E-state index in [1.54, 1.807) is 12.1 Å². The Hall–Kier alpha value is -1.12. The van der Waals surface area contributed by atoms with Gasteiger partial charge in [0, 0.05) is 10.5 Å². The highest BCUT2D eigenvalue weighted by Gasteiger charge is 2.06. The maximum atomic E-state index is 10.3. The van der Waals surface area contributed by atoms with Gasteiger partial charge in [-0.15, -0.1) is 0 Å². The molecule has 0 aliphatic heterocycles. The number of benzene rings is 1. The molecule has 0 bridgehead atoms. The molecule has 0 aliphatic carbocycles. The topological polar surface area (TPSA) is 61.1 Å². The van der Waals surface area contributed by atoms with Crippen LogP contribution in [0, 0.1) is 11.3 Å². The number of carboxylic acids is 1. The third kappa shape index (κ3) is 2.91. The van der Waals surface area contributed by atoms with Crippen molar-refractivity contribution in [1.29, 1.82) is 5.26 Å². The monoisotopic (exact) mass is 329 g/mol. The zero-order valence-corrected chi connectivity index (χ0v) is 10.5. The second kappa shape index (κ2) is 5.10. The van der Waals surface area contributed by atoms with E-state index < -0.39 is 5.97 Å². The lowest BCUT2D eigenvalue weighted by molar-refractivity contribution is -0.131. The Kier molecular flexibility index (Phi) is 4.06. The van der Waals surface area contributed by atoms with Crippen molar-refractivity contribution in [1.82, 2.24) is 0 Å². The van der Waals surface area contributed by atoms with Crippen LogP contribution in [0.2, 0.25) is 0 Å². The number of hydrogen-bond donors (Lipinski definition) is 1. The Balaban J connectivity index is 3.19. The number of aliphatic carboxylic acids is 1. The van der Waals surface area contributed by atoms with Crippen LogP contribution in [-0.2, 0) is 4.79 Å². The number of halogens is 2. The molecular formula is C10H5Br2NO2. The first-order valence-electron chi connectivity index (χ1n) is 3.85. The minimum atomic E-state index is -1.01. The van der Waals surface area contributed by atoms with Crippen LogP contribution >= 0.6 is 31.9 Å². The molecule has 1 N–H and O–H groups in total. The van der Waals surface area contributed by atoms with Crippen LogP contribution in [0.1, 0.15) is 11.1 Å². The Morgan fingerprint density at radius 1 is 1.40 bits per heavy atom. The molecule has 0 atom stereocenters. The van der Waals surface area contributed by atoms with Gasteiger partial charge in [0.15, 0.2) is 0 Å². The SMILES string of the molecule is N#Cc1ccc(/C=C/C(=O)O)c(Br)c1Br. The van der Waals surface area contributed by atoms with Crippen LogP contribution in [0.4, 0.5) is 0 Å². The fourth-order valence-electron chi connectivity index (χ4n) is 0.941. The smallest absolute Gasteiger partial charge is 0.328 e.